The first-order valence-electron chi connectivity index (χ1n) is 5.56. The molecule has 1 atom stereocenters. The first-order valence-corrected chi connectivity index (χ1v) is 5.56. The molecule has 1 unspecified atom stereocenters. The first-order chi connectivity index (χ1) is 8.06. The van der Waals surface area contributed by atoms with Gasteiger partial charge < -0.3 is 10.0 Å². The van der Waals surface area contributed by atoms with Crippen molar-refractivity contribution in [2.75, 3.05) is 13.1 Å². The lowest BCUT2D eigenvalue weighted by Crippen LogP contribution is -2.40. The Morgan fingerprint density at radius 1 is 1.53 bits per heavy atom. The van der Waals surface area contributed by atoms with Crippen molar-refractivity contribution in [3.05, 3.63) is 18.5 Å². The van der Waals surface area contributed by atoms with E-state index in [0.29, 0.717) is 6.54 Å². The average molecular weight is 239 g/mol. The van der Waals surface area contributed by atoms with Gasteiger partial charge in [0.2, 0.25) is 5.91 Å². The van der Waals surface area contributed by atoms with E-state index in [4.69, 9.17) is 5.11 Å². The molecule has 1 aromatic heterocycles. The SMILES string of the molecule is CCCN(CC(=O)O)C(=O)C(C)n1cccn1. The van der Waals surface area contributed by atoms with Crippen LogP contribution in [-0.4, -0.2) is 44.8 Å². The van der Waals surface area contributed by atoms with E-state index in [0.717, 1.165) is 6.42 Å². The van der Waals surface area contributed by atoms with Gasteiger partial charge in [-0.1, -0.05) is 6.92 Å². The van der Waals surface area contributed by atoms with Gasteiger partial charge in [0, 0.05) is 18.9 Å². The van der Waals surface area contributed by atoms with Gasteiger partial charge >= 0.3 is 5.97 Å². The minimum atomic E-state index is -1.00. The molecule has 0 fully saturated rings. The lowest BCUT2D eigenvalue weighted by molar-refractivity contribution is -0.145. The number of hydrogen-bond acceptors (Lipinski definition) is 3. The largest absolute Gasteiger partial charge is 0.480 e. The second-order valence-electron chi connectivity index (χ2n) is 3.82. The van der Waals surface area contributed by atoms with Crippen molar-refractivity contribution < 1.29 is 14.7 Å². The highest BCUT2D eigenvalue weighted by Gasteiger charge is 2.23. The maximum atomic E-state index is 12.1. The lowest BCUT2D eigenvalue weighted by atomic mass is 10.2. The summed E-state index contributed by atoms with van der Waals surface area (Å²) in [5, 5.41) is 12.7. The summed E-state index contributed by atoms with van der Waals surface area (Å²) >= 11 is 0. The van der Waals surface area contributed by atoms with Gasteiger partial charge in [-0.25, -0.2) is 0 Å². The van der Waals surface area contributed by atoms with E-state index >= 15 is 0 Å². The summed E-state index contributed by atoms with van der Waals surface area (Å²) in [5.41, 5.74) is 0. The third-order valence-corrected chi connectivity index (χ3v) is 2.41. The highest BCUT2D eigenvalue weighted by molar-refractivity contribution is 5.83. The molecular weight excluding hydrogens is 222 g/mol. The van der Waals surface area contributed by atoms with Crippen LogP contribution in [-0.2, 0) is 9.59 Å². The van der Waals surface area contributed by atoms with Crippen LogP contribution in [0.4, 0.5) is 0 Å². The number of carbonyl (C=O) groups is 2. The zero-order chi connectivity index (χ0) is 12.8. The normalized spacial score (nSPS) is 12.1. The van der Waals surface area contributed by atoms with Crippen LogP contribution in [0, 0.1) is 0 Å². The molecular formula is C11H17N3O3. The van der Waals surface area contributed by atoms with E-state index in [2.05, 4.69) is 5.10 Å². The molecule has 17 heavy (non-hydrogen) atoms. The average Bonchev–Trinajstić information content (AvgIpc) is 2.79. The van der Waals surface area contributed by atoms with E-state index in [1.807, 2.05) is 6.92 Å². The Labute approximate surface area is 99.8 Å². The summed E-state index contributed by atoms with van der Waals surface area (Å²) in [7, 11) is 0. The van der Waals surface area contributed by atoms with Crippen LogP contribution in [0.25, 0.3) is 0 Å². The monoisotopic (exact) mass is 239 g/mol. The van der Waals surface area contributed by atoms with E-state index in [1.165, 1.54) is 9.58 Å². The van der Waals surface area contributed by atoms with Crippen LogP contribution in [0.1, 0.15) is 26.3 Å². The molecule has 0 aliphatic rings. The lowest BCUT2D eigenvalue weighted by Gasteiger charge is -2.23. The molecule has 1 aromatic rings. The number of rotatable bonds is 6. The molecule has 0 bridgehead atoms. The molecule has 6 heteroatoms. The number of aromatic nitrogens is 2. The smallest absolute Gasteiger partial charge is 0.323 e. The molecule has 0 aromatic carbocycles. The minimum Gasteiger partial charge on any atom is -0.480 e. The fourth-order valence-corrected chi connectivity index (χ4v) is 1.59. The molecule has 1 heterocycles. The summed E-state index contributed by atoms with van der Waals surface area (Å²) in [6, 6.07) is 1.25. The predicted molar refractivity (Wildman–Crippen MR) is 61.4 cm³/mol. The van der Waals surface area contributed by atoms with Crippen molar-refractivity contribution in [2.24, 2.45) is 0 Å². The third kappa shape index (κ3) is 3.58. The third-order valence-electron chi connectivity index (χ3n) is 2.41. The highest BCUT2D eigenvalue weighted by Crippen LogP contribution is 2.09. The number of hydrogen-bond donors (Lipinski definition) is 1. The van der Waals surface area contributed by atoms with Gasteiger partial charge in [-0.15, -0.1) is 0 Å². The summed E-state index contributed by atoms with van der Waals surface area (Å²) in [5.74, 6) is -1.22. The number of carboxylic acids is 1. The number of amides is 1. The second-order valence-corrected chi connectivity index (χ2v) is 3.82. The van der Waals surface area contributed by atoms with Gasteiger partial charge in [0.25, 0.3) is 0 Å². The van der Waals surface area contributed by atoms with Crippen molar-refractivity contribution in [1.29, 1.82) is 0 Å². The fourth-order valence-electron chi connectivity index (χ4n) is 1.59. The molecule has 0 aliphatic carbocycles. The molecule has 1 N–H and O–H groups in total. The number of nitrogens with zero attached hydrogens (tertiary/aromatic N) is 3. The van der Waals surface area contributed by atoms with Crippen molar-refractivity contribution >= 4 is 11.9 Å². The predicted octanol–water partition coefficient (Wildman–Crippen LogP) is 0.767. The highest BCUT2D eigenvalue weighted by atomic mass is 16.4. The van der Waals surface area contributed by atoms with Crippen LogP contribution in [0.15, 0.2) is 18.5 Å². The van der Waals surface area contributed by atoms with Gasteiger partial charge in [0.1, 0.15) is 12.6 Å². The molecule has 0 saturated heterocycles. The molecule has 0 spiro atoms. The number of carbonyl (C=O) groups excluding carboxylic acids is 1. The standard InChI is InChI=1S/C11H17N3O3/c1-3-6-13(8-10(15)16)11(17)9(2)14-7-4-5-12-14/h4-5,7,9H,3,6,8H2,1-2H3,(H,15,16). The van der Waals surface area contributed by atoms with Crippen LogP contribution in [0.5, 0.6) is 0 Å². The maximum absolute atomic E-state index is 12.1. The Morgan fingerprint density at radius 3 is 2.71 bits per heavy atom. The fraction of sp³-hybridized carbons (Fsp3) is 0.545. The molecule has 0 saturated carbocycles. The molecule has 0 radical (unpaired) electrons. The van der Waals surface area contributed by atoms with E-state index in [1.54, 1.807) is 25.4 Å². The van der Waals surface area contributed by atoms with Crippen molar-refractivity contribution in [2.45, 2.75) is 26.3 Å². The quantitative estimate of drug-likeness (QED) is 0.795. The number of carboxylic acid groups (broad SMARTS) is 1. The van der Waals surface area contributed by atoms with Crippen molar-refractivity contribution in [3.63, 3.8) is 0 Å². The Balaban J connectivity index is 2.73. The van der Waals surface area contributed by atoms with Gasteiger partial charge in [-0.3, -0.25) is 14.3 Å². The molecule has 0 aliphatic heterocycles. The minimum absolute atomic E-state index is 0.224. The first kappa shape index (κ1) is 13.2. The van der Waals surface area contributed by atoms with E-state index in [-0.39, 0.29) is 12.5 Å². The Morgan fingerprint density at radius 2 is 2.24 bits per heavy atom. The molecule has 1 amide bonds. The van der Waals surface area contributed by atoms with Crippen LogP contribution in [0.3, 0.4) is 0 Å². The topological polar surface area (TPSA) is 75.4 Å². The molecule has 1 rings (SSSR count). The van der Waals surface area contributed by atoms with Crippen molar-refractivity contribution in [1.82, 2.24) is 14.7 Å². The Kier molecular flexibility index (Phi) is 4.68. The van der Waals surface area contributed by atoms with Crippen LogP contribution < -0.4 is 0 Å². The van der Waals surface area contributed by atoms with E-state index in [9.17, 15) is 9.59 Å². The van der Waals surface area contributed by atoms with Gasteiger partial charge in [-0.2, -0.15) is 5.10 Å². The Hall–Kier alpha value is -1.85. The zero-order valence-corrected chi connectivity index (χ0v) is 10.0. The molecule has 94 valence electrons. The van der Waals surface area contributed by atoms with Crippen LogP contribution >= 0.6 is 0 Å². The summed E-state index contributed by atoms with van der Waals surface area (Å²) in [6.45, 7) is 3.79. The number of aliphatic carboxylic acids is 1. The summed E-state index contributed by atoms with van der Waals surface area (Å²) in [6.07, 6.45) is 4.00. The van der Waals surface area contributed by atoms with Crippen LogP contribution in [0.2, 0.25) is 0 Å². The van der Waals surface area contributed by atoms with E-state index < -0.39 is 12.0 Å². The molecule has 6 nitrogen and oxygen atoms in total. The second kappa shape index (κ2) is 6.03. The van der Waals surface area contributed by atoms with Gasteiger partial charge in [0.15, 0.2) is 0 Å². The maximum Gasteiger partial charge on any atom is 0.323 e. The van der Waals surface area contributed by atoms with Gasteiger partial charge in [-0.05, 0) is 19.4 Å². The Bertz CT molecular complexity index is 375. The van der Waals surface area contributed by atoms with Gasteiger partial charge in [0.05, 0.1) is 0 Å². The zero-order valence-electron chi connectivity index (χ0n) is 10.0. The van der Waals surface area contributed by atoms with Crippen molar-refractivity contribution in [3.8, 4) is 0 Å². The summed E-state index contributed by atoms with van der Waals surface area (Å²) < 4.78 is 1.52. The summed E-state index contributed by atoms with van der Waals surface area (Å²) in [4.78, 5) is 24.1.